The van der Waals surface area contributed by atoms with Crippen molar-refractivity contribution in [3.05, 3.63) is 35.8 Å². The van der Waals surface area contributed by atoms with E-state index >= 15 is 0 Å². The molecule has 0 amide bonds. The van der Waals surface area contributed by atoms with Crippen molar-refractivity contribution in [1.82, 2.24) is 4.98 Å². The van der Waals surface area contributed by atoms with Gasteiger partial charge in [0.2, 0.25) is 0 Å². The Bertz CT molecular complexity index is 585. The molecular formula is C12H10FN3. The molecule has 3 nitrogen and oxygen atoms in total. The van der Waals surface area contributed by atoms with Gasteiger partial charge in [-0.1, -0.05) is 0 Å². The summed E-state index contributed by atoms with van der Waals surface area (Å²) in [6, 6.07) is 6.44. The first kappa shape index (κ1) is 10.4. The van der Waals surface area contributed by atoms with Crippen LogP contribution in [-0.4, -0.2) is 19.1 Å². The average Bonchev–Trinajstić information content (AvgIpc) is 2.26. The van der Waals surface area contributed by atoms with Crippen LogP contribution in [-0.2, 0) is 0 Å². The molecule has 80 valence electrons. The van der Waals surface area contributed by atoms with Crippen LogP contribution in [0, 0.1) is 17.1 Å². The van der Waals surface area contributed by atoms with Crippen LogP contribution in [0.5, 0.6) is 0 Å². The highest BCUT2D eigenvalue weighted by Crippen LogP contribution is 2.28. The Morgan fingerprint density at radius 2 is 2.12 bits per heavy atom. The van der Waals surface area contributed by atoms with Crippen LogP contribution in [0.3, 0.4) is 0 Å². The number of hydrogen-bond acceptors (Lipinski definition) is 3. The van der Waals surface area contributed by atoms with Gasteiger partial charge in [-0.25, -0.2) is 4.39 Å². The molecule has 4 heteroatoms. The first-order chi connectivity index (χ1) is 7.63. The molecule has 0 unspecified atom stereocenters. The Balaban J connectivity index is 2.88. The van der Waals surface area contributed by atoms with E-state index in [1.54, 1.807) is 11.0 Å². The lowest BCUT2D eigenvalue weighted by Crippen LogP contribution is -2.11. The van der Waals surface area contributed by atoms with Gasteiger partial charge in [-0.2, -0.15) is 5.26 Å². The molecule has 0 spiro atoms. The fourth-order valence-corrected chi connectivity index (χ4v) is 1.71. The average molecular weight is 215 g/mol. The van der Waals surface area contributed by atoms with E-state index < -0.39 is 0 Å². The first-order valence-electron chi connectivity index (χ1n) is 4.79. The molecule has 0 bridgehead atoms. The van der Waals surface area contributed by atoms with Gasteiger partial charge in [0.15, 0.2) is 0 Å². The van der Waals surface area contributed by atoms with E-state index in [0.717, 1.165) is 0 Å². The lowest BCUT2D eigenvalue weighted by Gasteiger charge is -2.16. The first-order valence-corrected chi connectivity index (χ1v) is 4.79. The minimum Gasteiger partial charge on any atom is -0.376 e. The van der Waals surface area contributed by atoms with Gasteiger partial charge in [-0.05, 0) is 18.2 Å². The Morgan fingerprint density at radius 1 is 1.38 bits per heavy atom. The van der Waals surface area contributed by atoms with Crippen LogP contribution in [0.4, 0.5) is 10.1 Å². The van der Waals surface area contributed by atoms with Gasteiger partial charge in [0, 0.05) is 25.7 Å². The van der Waals surface area contributed by atoms with Crippen LogP contribution >= 0.6 is 0 Å². The van der Waals surface area contributed by atoms with E-state index in [1.165, 1.54) is 18.3 Å². The fourth-order valence-electron chi connectivity index (χ4n) is 1.71. The van der Waals surface area contributed by atoms with Crippen LogP contribution in [0.2, 0.25) is 0 Å². The van der Waals surface area contributed by atoms with Crippen LogP contribution < -0.4 is 4.90 Å². The van der Waals surface area contributed by atoms with E-state index in [1.807, 2.05) is 14.1 Å². The number of aromatic nitrogens is 1. The quantitative estimate of drug-likeness (QED) is 0.732. The van der Waals surface area contributed by atoms with Crippen molar-refractivity contribution in [2.24, 2.45) is 0 Å². The molecule has 16 heavy (non-hydrogen) atoms. The summed E-state index contributed by atoms with van der Waals surface area (Å²) in [6.07, 6.45) is 1.51. The molecule has 2 aromatic rings. The number of halogens is 1. The highest BCUT2D eigenvalue weighted by atomic mass is 19.1. The molecule has 0 saturated carbocycles. The molecule has 0 radical (unpaired) electrons. The summed E-state index contributed by atoms with van der Waals surface area (Å²) in [5.41, 5.74) is 1.83. The third-order valence-electron chi connectivity index (χ3n) is 2.37. The summed E-state index contributed by atoms with van der Waals surface area (Å²) >= 11 is 0. The minimum absolute atomic E-state index is 0.326. The maximum absolute atomic E-state index is 13.2. The van der Waals surface area contributed by atoms with Crippen LogP contribution in [0.15, 0.2) is 24.4 Å². The zero-order valence-electron chi connectivity index (χ0n) is 9.03. The summed E-state index contributed by atoms with van der Waals surface area (Å²) in [5.74, 6) is -0.326. The number of hydrogen-bond donors (Lipinski definition) is 0. The maximum Gasteiger partial charge on any atom is 0.124 e. The highest BCUT2D eigenvalue weighted by Gasteiger charge is 2.10. The molecule has 2 rings (SSSR count). The van der Waals surface area contributed by atoms with Gasteiger partial charge in [0.25, 0.3) is 0 Å². The Hall–Kier alpha value is -2.15. The SMILES string of the molecule is CN(C)c1c(C#N)cnc2ccc(F)cc12. The largest absolute Gasteiger partial charge is 0.376 e. The number of fused-ring (bicyclic) bond motifs is 1. The summed E-state index contributed by atoms with van der Waals surface area (Å²) < 4.78 is 13.2. The smallest absolute Gasteiger partial charge is 0.124 e. The second kappa shape index (κ2) is 3.78. The molecule has 1 aromatic carbocycles. The molecule has 1 heterocycles. The second-order valence-electron chi connectivity index (χ2n) is 3.69. The number of pyridine rings is 1. The third kappa shape index (κ3) is 1.57. The number of nitrogens with zero attached hydrogens (tertiary/aromatic N) is 3. The lowest BCUT2D eigenvalue weighted by atomic mass is 10.1. The molecule has 0 N–H and O–H groups in total. The number of rotatable bonds is 1. The van der Waals surface area contributed by atoms with E-state index in [9.17, 15) is 4.39 Å². The van der Waals surface area contributed by atoms with Crippen molar-refractivity contribution >= 4 is 16.6 Å². The summed E-state index contributed by atoms with van der Waals surface area (Å²) in [4.78, 5) is 5.91. The van der Waals surface area contributed by atoms with Gasteiger partial charge in [-0.3, -0.25) is 4.98 Å². The normalized spacial score (nSPS) is 10.1. The number of nitriles is 1. The van der Waals surface area contributed by atoms with E-state index in [2.05, 4.69) is 11.1 Å². The van der Waals surface area contributed by atoms with Gasteiger partial charge < -0.3 is 4.90 Å². The summed E-state index contributed by atoms with van der Waals surface area (Å²) in [5, 5.41) is 9.64. The van der Waals surface area contributed by atoms with Gasteiger partial charge in [0.05, 0.1) is 16.8 Å². The molecule has 0 aliphatic carbocycles. The fraction of sp³-hybridized carbons (Fsp3) is 0.167. The lowest BCUT2D eigenvalue weighted by molar-refractivity contribution is 0.629. The molecule has 0 aliphatic rings. The summed E-state index contributed by atoms with van der Waals surface area (Å²) in [6.45, 7) is 0. The monoisotopic (exact) mass is 215 g/mol. The topological polar surface area (TPSA) is 39.9 Å². The third-order valence-corrected chi connectivity index (χ3v) is 2.37. The predicted octanol–water partition coefficient (Wildman–Crippen LogP) is 2.31. The van der Waals surface area contributed by atoms with Crippen molar-refractivity contribution in [1.29, 1.82) is 5.26 Å². The maximum atomic E-state index is 13.2. The van der Waals surface area contributed by atoms with Crippen molar-refractivity contribution < 1.29 is 4.39 Å². The Labute approximate surface area is 92.7 Å². The standard InChI is InChI=1S/C12H10FN3/c1-16(2)12-8(6-14)7-15-11-4-3-9(13)5-10(11)12/h3-5,7H,1-2H3. The highest BCUT2D eigenvalue weighted by molar-refractivity contribution is 5.94. The van der Waals surface area contributed by atoms with Crippen molar-refractivity contribution in [2.45, 2.75) is 0 Å². The van der Waals surface area contributed by atoms with Crippen molar-refractivity contribution in [3.63, 3.8) is 0 Å². The Morgan fingerprint density at radius 3 is 2.75 bits per heavy atom. The second-order valence-corrected chi connectivity index (χ2v) is 3.69. The van der Waals surface area contributed by atoms with E-state index in [0.29, 0.717) is 22.2 Å². The zero-order valence-corrected chi connectivity index (χ0v) is 9.03. The number of benzene rings is 1. The van der Waals surface area contributed by atoms with Crippen molar-refractivity contribution in [2.75, 3.05) is 19.0 Å². The van der Waals surface area contributed by atoms with Gasteiger partial charge >= 0.3 is 0 Å². The van der Waals surface area contributed by atoms with E-state index in [-0.39, 0.29) is 5.82 Å². The van der Waals surface area contributed by atoms with Gasteiger partial charge in [0.1, 0.15) is 11.9 Å². The van der Waals surface area contributed by atoms with Crippen molar-refractivity contribution in [3.8, 4) is 6.07 Å². The summed E-state index contributed by atoms with van der Waals surface area (Å²) in [7, 11) is 3.64. The number of anilines is 1. The predicted molar refractivity (Wildman–Crippen MR) is 60.7 cm³/mol. The molecule has 0 aliphatic heterocycles. The Kier molecular flexibility index (Phi) is 2.45. The molecule has 0 atom stereocenters. The minimum atomic E-state index is -0.326. The molecule has 0 saturated heterocycles. The molecule has 0 fully saturated rings. The van der Waals surface area contributed by atoms with Gasteiger partial charge in [-0.15, -0.1) is 0 Å². The van der Waals surface area contributed by atoms with E-state index in [4.69, 9.17) is 5.26 Å². The molecular weight excluding hydrogens is 205 g/mol. The molecule has 1 aromatic heterocycles. The van der Waals surface area contributed by atoms with Crippen LogP contribution in [0.1, 0.15) is 5.56 Å². The van der Waals surface area contributed by atoms with Crippen LogP contribution in [0.25, 0.3) is 10.9 Å². The zero-order chi connectivity index (χ0) is 11.7.